The highest BCUT2D eigenvalue weighted by molar-refractivity contribution is 6.35. The maximum atomic E-state index is 8.64. The Morgan fingerprint density at radius 2 is 1.92 bits per heavy atom. The van der Waals surface area contributed by atoms with Crippen molar-refractivity contribution < 1.29 is 5.21 Å². The van der Waals surface area contributed by atoms with Gasteiger partial charge in [0.15, 0.2) is 0 Å². The van der Waals surface area contributed by atoms with Gasteiger partial charge in [0.2, 0.25) is 0 Å². The van der Waals surface area contributed by atoms with Crippen molar-refractivity contribution in [2.75, 3.05) is 0 Å². The van der Waals surface area contributed by atoms with Crippen LogP contribution in [0.1, 0.15) is 12.5 Å². The Morgan fingerprint density at radius 1 is 1.38 bits per heavy atom. The maximum Gasteiger partial charge on any atom is 0.0453 e. The minimum Gasteiger partial charge on any atom is -0.317 e. The molecule has 0 fully saturated rings. The van der Waals surface area contributed by atoms with E-state index in [1.807, 2.05) is 6.92 Å². The minimum absolute atomic E-state index is 0.0580. The molecule has 0 aliphatic rings. The monoisotopic (exact) mass is 219 g/mol. The van der Waals surface area contributed by atoms with Crippen molar-refractivity contribution in [1.82, 2.24) is 5.48 Å². The van der Waals surface area contributed by atoms with E-state index in [1.54, 1.807) is 18.2 Å². The van der Waals surface area contributed by atoms with E-state index < -0.39 is 0 Å². The molecule has 0 aromatic heterocycles. The van der Waals surface area contributed by atoms with Crippen LogP contribution in [-0.4, -0.2) is 11.2 Å². The molecular weight excluding hydrogens is 209 g/mol. The summed E-state index contributed by atoms with van der Waals surface area (Å²) in [6.45, 7) is 1.85. The molecule has 0 aliphatic heterocycles. The van der Waals surface area contributed by atoms with Gasteiger partial charge < -0.3 is 5.21 Å². The second kappa shape index (κ2) is 4.82. The zero-order valence-corrected chi connectivity index (χ0v) is 8.73. The zero-order valence-electron chi connectivity index (χ0n) is 7.22. The first-order valence-corrected chi connectivity index (χ1v) is 4.73. The lowest BCUT2D eigenvalue weighted by atomic mass is 10.1. The topological polar surface area (TPSA) is 32.3 Å². The van der Waals surface area contributed by atoms with Crippen LogP contribution in [0, 0.1) is 0 Å². The average Bonchev–Trinajstić information content (AvgIpc) is 2.11. The molecule has 1 aromatic rings. The molecular formula is C9H11Cl2NO. The van der Waals surface area contributed by atoms with E-state index in [0.717, 1.165) is 5.56 Å². The van der Waals surface area contributed by atoms with E-state index in [9.17, 15) is 0 Å². The summed E-state index contributed by atoms with van der Waals surface area (Å²) in [6.07, 6.45) is 0.606. The molecule has 0 saturated carbocycles. The maximum absolute atomic E-state index is 8.64. The van der Waals surface area contributed by atoms with Gasteiger partial charge in [-0.25, -0.2) is 5.48 Å². The average molecular weight is 220 g/mol. The molecule has 4 heteroatoms. The smallest absolute Gasteiger partial charge is 0.0453 e. The largest absolute Gasteiger partial charge is 0.317 e. The third-order valence-electron chi connectivity index (χ3n) is 1.79. The molecule has 0 saturated heterocycles. The summed E-state index contributed by atoms with van der Waals surface area (Å²) in [4.78, 5) is 0. The molecule has 0 unspecified atom stereocenters. The third-order valence-corrected chi connectivity index (χ3v) is 2.50. The molecule has 0 radical (unpaired) electrons. The number of rotatable bonds is 3. The third kappa shape index (κ3) is 2.85. The molecule has 0 amide bonds. The van der Waals surface area contributed by atoms with E-state index in [-0.39, 0.29) is 6.04 Å². The number of halogens is 2. The van der Waals surface area contributed by atoms with E-state index in [2.05, 4.69) is 5.48 Å². The Balaban J connectivity index is 2.87. The van der Waals surface area contributed by atoms with E-state index in [4.69, 9.17) is 28.4 Å². The molecule has 0 heterocycles. The molecule has 13 heavy (non-hydrogen) atoms. The number of hydrogen-bond donors (Lipinski definition) is 2. The van der Waals surface area contributed by atoms with Crippen molar-refractivity contribution in [3.05, 3.63) is 33.8 Å². The predicted octanol–water partition coefficient (Wildman–Crippen LogP) is 2.90. The lowest BCUT2D eigenvalue weighted by molar-refractivity contribution is 0.133. The Morgan fingerprint density at radius 3 is 2.38 bits per heavy atom. The first kappa shape index (κ1) is 10.8. The van der Waals surface area contributed by atoms with Gasteiger partial charge in [-0.15, -0.1) is 0 Å². The van der Waals surface area contributed by atoms with Crippen molar-refractivity contribution in [3.63, 3.8) is 0 Å². The number of hydrogen-bond acceptors (Lipinski definition) is 2. The molecule has 2 nitrogen and oxygen atoms in total. The summed E-state index contributed by atoms with van der Waals surface area (Å²) < 4.78 is 0. The second-order valence-corrected chi connectivity index (χ2v) is 3.75. The van der Waals surface area contributed by atoms with Crippen LogP contribution in [0.3, 0.4) is 0 Å². The fourth-order valence-corrected chi connectivity index (χ4v) is 1.63. The molecule has 0 bridgehead atoms. The van der Waals surface area contributed by atoms with Crippen LogP contribution in [0.25, 0.3) is 0 Å². The van der Waals surface area contributed by atoms with Crippen molar-refractivity contribution in [2.45, 2.75) is 19.4 Å². The number of hydroxylamine groups is 1. The summed E-state index contributed by atoms with van der Waals surface area (Å²) in [5.41, 5.74) is 3.01. The minimum atomic E-state index is -0.0580. The zero-order chi connectivity index (χ0) is 9.84. The van der Waals surface area contributed by atoms with Crippen molar-refractivity contribution >= 4 is 23.2 Å². The molecule has 72 valence electrons. The molecule has 2 N–H and O–H groups in total. The molecule has 0 aliphatic carbocycles. The van der Waals surface area contributed by atoms with Gasteiger partial charge in [-0.3, -0.25) is 0 Å². The van der Waals surface area contributed by atoms with E-state index >= 15 is 0 Å². The van der Waals surface area contributed by atoms with E-state index in [0.29, 0.717) is 16.5 Å². The van der Waals surface area contributed by atoms with Gasteiger partial charge in [-0.1, -0.05) is 29.3 Å². The van der Waals surface area contributed by atoms with Crippen molar-refractivity contribution in [3.8, 4) is 0 Å². The summed E-state index contributed by atoms with van der Waals surface area (Å²) >= 11 is 11.9. The van der Waals surface area contributed by atoms with Gasteiger partial charge in [0.1, 0.15) is 0 Å². The van der Waals surface area contributed by atoms with Crippen molar-refractivity contribution in [1.29, 1.82) is 0 Å². The van der Waals surface area contributed by atoms with Crippen LogP contribution >= 0.6 is 23.2 Å². The van der Waals surface area contributed by atoms with Gasteiger partial charge in [0.25, 0.3) is 0 Å². The quantitative estimate of drug-likeness (QED) is 0.767. The van der Waals surface area contributed by atoms with Crippen LogP contribution in [0.15, 0.2) is 18.2 Å². The lowest BCUT2D eigenvalue weighted by Crippen LogP contribution is -2.24. The highest BCUT2D eigenvalue weighted by atomic mass is 35.5. The second-order valence-electron chi connectivity index (χ2n) is 2.93. The standard InChI is InChI=1S/C9H11Cl2NO/c1-6(12-13)5-7-8(10)3-2-4-9(7)11/h2-4,6,12-13H,5H2,1H3/t6-/m0/s1. The van der Waals surface area contributed by atoms with Gasteiger partial charge in [0.05, 0.1) is 0 Å². The highest BCUT2D eigenvalue weighted by Crippen LogP contribution is 2.25. The van der Waals surface area contributed by atoms with Crippen LogP contribution < -0.4 is 5.48 Å². The van der Waals surface area contributed by atoms with Crippen LogP contribution in [0.4, 0.5) is 0 Å². The summed E-state index contributed by atoms with van der Waals surface area (Å²) in [5.74, 6) is 0. The number of benzene rings is 1. The van der Waals surface area contributed by atoms with Crippen LogP contribution in [0.2, 0.25) is 10.0 Å². The fraction of sp³-hybridized carbons (Fsp3) is 0.333. The Hall–Kier alpha value is -0.280. The SMILES string of the molecule is C[C@@H](Cc1c(Cl)cccc1Cl)NO. The molecule has 1 atom stereocenters. The van der Waals surface area contributed by atoms with Crippen LogP contribution in [0.5, 0.6) is 0 Å². The number of nitrogens with one attached hydrogen (secondary N) is 1. The molecule has 1 rings (SSSR count). The van der Waals surface area contributed by atoms with Crippen molar-refractivity contribution in [2.24, 2.45) is 0 Å². The summed E-state index contributed by atoms with van der Waals surface area (Å²) in [5, 5.41) is 9.91. The summed E-state index contributed by atoms with van der Waals surface area (Å²) in [6, 6.07) is 5.31. The first-order valence-electron chi connectivity index (χ1n) is 3.97. The lowest BCUT2D eigenvalue weighted by Gasteiger charge is -2.11. The highest BCUT2D eigenvalue weighted by Gasteiger charge is 2.08. The van der Waals surface area contributed by atoms with Gasteiger partial charge in [-0.2, -0.15) is 0 Å². The molecule has 1 aromatic carbocycles. The molecule has 0 spiro atoms. The Bertz CT molecular complexity index is 271. The normalized spacial score (nSPS) is 12.9. The van der Waals surface area contributed by atoms with Gasteiger partial charge >= 0.3 is 0 Å². The Labute approximate surface area is 87.4 Å². The fourth-order valence-electron chi connectivity index (χ4n) is 1.08. The summed E-state index contributed by atoms with van der Waals surface area (Å²) in [7, 11) is 0. The van der Waals surface area contributed by atoms with Gasteiger partial charge in [0, 0.05) is 16.1 Å². The van der Waals surface area contributed by atoms with E-state index in [1.165, 1.54) is 0 Å². The Kier molecular flexibility index (Phi) is 4.00. The van der Waals surface area contributed by atoms with Crippen LogP contribution in [-0.2, 0) is 6.42 Å². The predicted molar refractivity (Wildman–Crippen MR) is 54.6 cm³/mol. The van der Waals surface area contributed by atoms with Gasteiger partial charge in [-0.05, 0) is 31.0 Å². The first-order chi connectivity index (χ1) is 6.15.